The molecule has 0 saturated carbocycles. The number of benzene rings is 1. The van der Waals surface area contributed by atoms with Gasteiger partial charge in [0.25, 0.3) is 0 Å². The summed E-state index contributed by atoms with van der Waals surface area (Å²) in [5.74, 6) is -0.231. The van der Waals surface area contributed by atoms with Crippen molar-refractivity contribution >= 4 is 43.3 Å². The first-order valence-electron chi connectivity index (χ1n) is 4.13. The smallest absolute Gasteiger partial charge is 0.345 e. The Labute approximate surface area is 98.4 Å². The molecule has 0 spiro atoms. The van der Waals surface area contributed by atoms with Gasteiger partial charge in [-0.1, -0.05) is 0 Å². The number of rotatable bonds is 2. The Balaban J connectivity index is 2.75. The molecule has 0 radical (unpaired) electrons. The van der Waals surface area contributed by atoms with Gasteiger partial charge in [-0.15, -0.1) is 11.3 Å². The molecule has 3 nitrogen and oxygen atoms in total. The molecule has 2 rings (SSSR count). The van der Waals surface area contributed by atoms with Crippen LogP contribution in [0.2, 0.25) is 0 Å². The van der Waals surface area contributed by atoms with E-state index in [0.717, 1.165) is 14.6 Å². The molecule has 15 heavy (non-hydrogen) atoms. The minimum atomic E-state index is -0.908. The van der Waals surface area contributed by atoms with Crippen LogP contribution in [0.1, 0.15) is 9.67 Å². The number of halogens is 1. The van der Waals surface area contributed by atoms with Crippen LogP contribution >= 0.6 is 27.3 Å². The van der Waals surface area contributed by atoms with E-state index < -0.39 is 5.97 Å². The third-order valence-corrected chi connectivity index (χ3v) is 3.73. The molecule has 0 aliphatic heterocycles. The first-order valence-corrected chi connectivity index (χ1v) is 5.73. The van der Waals surface area contributed by atoms with Crippen molar-refractivity contribution in [1.82, 2.24) is 0 Å². The monoisotopic (exact) mass is 286 g/mol. The zero-order chi connectivity index (χ0) is 11.0. The van der Waals surface area contributed by atoms with Gasteiger partial charge in [-0.25, -0.2) is 4.79 Å². The van der Waals surface area contributed by atoms with Gasteiger partial charge in [-0.3, -0.25) is 0 Å². The summed E-state index contributed by atoms with van der Waals surface area (Å²) in [5.41, 5.74) is 0. The van der Waals surface area contributed by atoms with E-state index in [0.29, 0.717) is 10.6 Å². The normalized spacial score (nSPS) is 10.5. The second-order valence-corrected chi connectivity index (χ2v) is 4.85. The highest BCUT2D eigenvalue weighted by atomic mass is 79.9. The van der Waals surface area contributed by atoms with Gasteiger partial charge >= 0.3 is 5.97 Å². The second-order valence-electron chi connectivity index (χ2n) is 2.91. The maximum absolute atomic E-state index is 10.8. The molecule has 1 heterocycles. The average Bonchev–Trinajstić information content (AvgIpc) is 2.61. The zero-order valence-corrected chi connectivity index (χ0v) is 10.2. The van der Waals surface area contributed by atoms with Gasteiger partial charge in [0.05, 0.1) is 11.6 Å². The number of ether oxygens (including phenoxy) is 1. The lowest BCUT2D eigenvalue weighted by Gasteiger charge is -2.03. The number of carboxylic acid groups (broad SMARTS) is 1. The first kappa shape index (κ1) is 10.4. The Kier molecular flexibility index (Phi) is 2.67. The van der Waals surface area contributed by atoms with E-state index in [1.165, 1.54) is 11.3 Å². The molecule has 0 atom stereocenters. The van der Waals surface area contributed by atoms with E-state index >= 15 is 0 Å². The van der Waals surface area contributed by atoms with Crippen LogP contribution < -0.4 is 4.74 Å². The van der Waals surface area contributed by atoms with E-state index in [-0.39, 0.29) is 0 Å². The summed E-state index contributed by atoms with van der Waals surface area (Å²) >= 11 is 4.60. The van der Waals surface area contributed by atoms with Gasteiger partial charge in [0.1, 0.15) is 10.6 Å². The maximum Gasteiger partial charge on any atom is 0.345 e. The fraction of sp³-hybridized carbons (Fsp3) is 0.100. The van der Waals surface area contributed by atoms with Crippen LogP contribution in [0.25, 0.3) is 10.1 Å². The quantitative estimate of drug-likeness (QED) is 0.921. The van der Waals surface area contributed by atoms with Crippen molar-refractivity contribution in [2.45, 2.75) is 0 Å². The predicted octanol–water partition coefficient (Wildman–Crippen LogP) is 3.37. The fourth-order valence-corrected chi connectivity index (χ4v) is 2.78. The van der Waals surface area contributed by atoms with Crippen molar-refractivity contribution in [2.24, 2.45) is 0 Å². The molecule has 0 aliphatic carbocycles. The fourth-order valence-electron chi connectivity index (χ4n) is 1.37. The summed E-state index contributed by atoms with van der Waals surface area (Å²) in [6.07, 6.45) is 0. The lowest BCUT2D eigenvalue weighted by molar-refractivity contribution is 0.0702. The number of carbonyl (C=O) groups is 1. The van der Waals surface area contributed by atoms with Crippen molar-refractivity contribution in [1.29, 1.82) is 0 Å². The molecule has 0 bridgehead atoms. The summed E-state index contributed by atoms with van der Waals surface area (Å²) in [6, 6.07) is 5.36. The predicted molar refractivity (Wildman–Crippen MR) is 63.0 cm³/mol. The summed E-state index contributed by atoms with van der Waals surface area (Å²) < 4.78 is 6.95. The van der Waals surface area contributed by atoms with E-state index in [9.17, 15) is 4.79 Å². The van der Waals surface area contributed by atoms with Crippen molar-refractivity contribution in [3.8, 4) is 5.75 Å². The molecular weight excluding hydrogens is 280 g/mol. The number of fused-ring (bicyclic) bond motifs is 1. The molecule has 1 aromatic heterocycles. The van der Waals surface area contributed by atoms with Crippen molar-refractivity contribution in [2.75, 3.05) is 7.11 Å². The summed E-state index contributed by atoms with van der Waals surface area (Å²) in [6.45, 7) is 0. The molecule has 0 aliphatic rings. The molecule has 1 aromatic carbocycles. The highest BCUT2D eigenvalue weighted by Gasteiger charge is 2.13. The summed E-state index contributed by atoms with van der Waals surface area (Å²) in [7, 11) is 1.57. The standard InChI is InChI=1S/C10H7BrO3S/c1-14-9-5-4-8(10(12)13)15-7(5)3-2-6(9)11/h2-4H,1H3,(H,12,13). The van der Waals surface area contributed by atoms with E-state index in [4.69, 9.17) is 9.84 Å². The van der Waals surface area contributed by atoms with Crippen LogP contribution in [0.5, 0.6) is 5.75 Å². The molecule has 0 saturated heterocycles. The molecular formula is C10H7BrO3S. The van der Waals surface area contributed by atoms with Crippen molar-refractivity contribution in [3.05, 3.63) is 27.5 Å². The first-order chi connectivity index (χ1) is 7.13. The number of aromatic carboxylic acids is 1. The second kappa shape index (κ2) is 3.83. The molecule has 5 heteroatoms. The highest BCUT2D eigenvalue weighted by molar-refractivity contribution is 9.10. The largest absolute Gasteiger partial charge is 0.495 e. The van der Waals surface area contributed by atoms with E-state index in [1.54, 1.807) is 13.2 Å². The van der Waals surface area contributed by atoms with Gasteiger partial charge in [0.2, 0.25) is 0 Å². The van der Waals surface area contributed by atoms with Gasteiger partial charge in [0, 0.05) is 10.1 Å². The van der Waals surface area contributed by atoms with Gasteiger partial charge < -0.3 is 9.84 Å². The molecule has 0 unspecified atom stereocenters. The molecule has 2 aromatic rings. The lowest BCUT2D eigenvalue weighted by Crippen LogP contribution is -1.89. The minimum absolute atomic E-state index is 0.321. The average molecular weight is 287 g/mol. The van der Waals surface area contributed by atoms with Crippen molar-refractivity contribution < 1.29 is 14.6 Å². The van der Waals surface area contributed by atoms with Crippen LogP contribution in [0.4, 0.5) is 0 Å². The number of hydrogen-bond acceptors (Lipinski definition) is 3. The van der Waals surface area contributed by atoms with Crippen LogP contribution in [0.3, 0.4) is 0 Å². The van der Waals surface area contributed by atoms with Crippen LogP contribution in [0.15, 0.2) is 22.7 Å². The summed E-state index contributed by atoms with van der Waals surface area (Å²) in [5, 5.41) is 9.70. The number of hydrogen-bond donors (Lipinski definition) is 1. The molecule has 0 amide bonds. The molecule has 1 N–H and O–H groups in total. The Morgan fingerprint density at radius 3 is 2.87 bits per heavy atom. The third-order valence-electron chi connectivity index (χ3n) is 2.02. The van der Waals surface area contributed by atoms with Gasteiger partial charge in [0.15, 0.2) is 0 Å². The van der Waals surface area contributed by atoms with Crippen LogP contribution in [0, 0.1) is 0 Å². The zero-order valence-electron chi connectivity index (χ0n) is 7.78. The maximum atomic E-state index is 10.8. The SMILES string of the molecule is COc1c(Br)ccc2sc(C(=O)O)cc12. The minimum Gasteiger partial charge on any atom is -0.495 e. The summed E-state index contributed by atoms with van der Waals surface area (Å²) in [4.78, 5) is 11.1. The van der Waals surface area contributed by atoms with Gasteiger partial charge in [-0.05, 0) is 34.1 Å². The Hall–Kier alpha value is -1.07. The van der Waals surface area contributed by atoms with Crippen LogP contribution in [-0.2, 0) is 0 Å². The Morgan fingerprint density at radius 2 is 2.27 bits per heavy atom. The molecule has 0 fully saturated rings. The Morgan fingerprint density at radius 1 is 1.53 bits per heavy atom. The number of carboxylic acids is 1. The molecule has 78 valence electrons. The van der Waals surface area contributed by atoms with Gasteiger partial charge in [-0.2, -0.15) is 0 Å². The Bertz CT molecular complexity index is 533. The van der Waals surface area contributed by atoms with E-state index in [2.05, 4.69) is 15.9 Å². The van der Waals surface area contributed by atoms with Crippen LogP contribution in [-0.4, -0.2) is 18.2 Å². The third kappa shape index (κ3) is 1.72. The topological polar surface area (TPSA) is 46.5 Å². The van der Waals surface area contributed by atoms with Crippen molar-refractivity contribution in [3.63, 3.8) is 0 Å². The number of thiophene rings is 1. The lowest BCUT2D eigenvalue weighted by atomic mass is 10.2. The van der Waals surface area contributed by atoms with E-state index in [1.807, 2.05) is 12.1 Å². The number of methoxy groups -OCH3 is 1. The highest BCUT2D eigenvalue weighted by Crippen LogP contribution is 2.37.